The van der Waals surface area contributed by atoms with E-state index in [1.54, 1.807) is 25.3 Å². The number of amides is 1. The van der Waals surface area contributed by atoms with E-state index in [1.165, 1.54) is 0 Å². The Kier molecular flexibility index (Phi) is 3.73. The van der Waals surface area contributed by atoms with Gasteiger partial charge in [0.25, 0.3) is 0 Å². The molecule has 1 aliphatic heterocycles. The van der Waals surface area contributed by atoms with E-state index in [0.717, 1.165) is 16.3 Å². The zero-order valence-corrected chi connectivity index (χ0v) is 15.4. The molecule has 5 rings (SSSR count). The average Bonchev–Trinajstić information content (AvgIpc) is 2.99. The number of benzene rings is 1. The molecule has 2 N–H and O–H groups in total. The van der Waals surface area contributed by atoms with Gasteiger partial charge in [0.15, 0.2) is 0 Å². The lowest BCUT2D eigenvalue weighted by Gasteiger charge is -2.07. The Morgan fingerprint density at radius 1 is 1.18 bits per heavy atom. The number of fused-ring (bicyclic) bond motifs is 5. The Hall–Kier alpha value is -3.52. The summed E-state index contributed by atoms with van der Waals surface area (Å²) >= 11 is 5.90. The largest absolute Gasteiger partial charge is 0.449 e. The lowest BCUT2D eigenvalue weighted by Crippen LogP contribution is -2.08. The molecule has 1 amide bonds. The first-order valence-corrected chi connectivity index (χ1v) is 8.90. The minimum absolute atomic E-state index is 0.217. The van der Waals surface area contributed by atoms with E-state index >= 15 is 0 Å². The van der Waals surface area contributed by atoms with Crippen molar-refractivity contribution in [1.82, 2.24) is 15.0 Å². The average molecular weight is 393 g/mol. The van der Waals surface area contributed by atoms with E-state index < -0.39 is 0 Å². The fraction of sp³-hybridized carbons (Fsp3) is 0.105. The van der Waals surface area contributed by atoms with Gasteiger partial charge in [-0.3, -0.25) is 4.79 Å². The molecule has 138 valence electrons. The van der Waals surface area contributed by atoms with Gasteiger partial charge in [0.1, 0.15) is 16.6 Å². The second-order valence-electron chi connectivity index (χ2n) is 6.34. The van der Waals surface area contributed by atoms with E-state index in [2.05, 4.69) is 30.6 Å². The number of aliphatic imine (C=N–C) groups is 1. The van der Waals surface area contributed by atoms with Crippen molar-refractivity contribution < 1.29 is 9.21 Å². The molecule has 0 radical (unpaired) electrons. The Morgan fingerprint density at radius 2 is 2.07 bits per heavy atom. The zero-order valence-electron chi connectivity index (χ0n) is 14.7. The van der Waals surface area contributed by atoms with Gasteiger partial charge in [0, 0.05) is 17.3 Å². The Balaban J connectivity index is 1.62. The molecule has 0 saturated carbocycles. The smallest absolute Gasteiger partial charge is 0.314 e. The van der Waals surface area contributed by atoms with Crippen LogP contribution < -0.4 is 10.6 Å². The highest BCUT2D eigenvalue weighted by molar-refractivity contribution is 6.29. The van der Waals surface area contributed by atoms with Gasteiger partial charge < -0.3 is 15.1 Å². The summed E-state index contributed by atoms with van der Waals surface area (Å²) in [5.41, 5.74) is 2.69. The molecular formula is C19H13ClN6O2. The van der Waals surface area contributed by atoms with Gasteiger partial charge in [0.05, 0.1) is 23.1 Å². The summed E-state index contributed by atoms with van der Waals surface area (Å²) in [5, 5.41) is 8.30. The quantitative estimate of drug-likeness (QED) is 0.492. The molecule has 0 bridgehead atoms. The second-order valence-corrected chi connectivity index (χ2v) is 6.73. The van der Waals surface area contributed by atoms with Gasteiger partial charge in [-0.05, 0) is 37.3 Å². The van der Waals surface area contributed by atoms with Crippen LogP contribution >= 0.6 is 11.6 Å². The first-order valence-electron chi connectivity index (χ1n) is 8.53. The van der Waals surface area contributed by atoms with E-state index in [9.17, 15) is 4.79 Å². The summed E-state index contributed by atoms with van der Waals surface area (Å²) in [6, 6.07) is 8.96. The van der Waals surface area contributed by atoms with Gasteiger partial charge in [-0.15, -0.1) is 0 Å². The van der Waals surface area contributed by atoms with Crippen LogP contribution in [0.15, 0.2) is 45.9 Å². The van der Waals surface area contributed by atoms with Crippen LogP contribution in [0.1, 0.15) is 17.5 Å². The van der Waals surface area contributed by atoms with Crippen molar-refractivity contribution in [2.24, 2.45) is 4.99 Å². The number of carbonyl (C=O) groups excluding carboxylic acids is 1. The van der Waals surface area contributed by atoms with Crippen molar-refractivity contribution in [3.63, 3.8) is 0 Å². The molecule has 4 aromatic rings. The van der Waals surface area contributed by atoms with Crippen molar-refractivity contribution in [3.8, 4) is 0 Å². The molecule has 0 aliphatic carbocycles. The minimum atomic E-state index is -0.383. The molecule has 28 heavy (non-hydrogen) atoms. The fourth-order valence-corrected chi connectivity index (χ4v) is 3.32. The van der Waals surface area contributed by atoms with Crippen LogP contribution in [0.5, 0.6) is 0 Å². The molecule has 4 heterocycles. The maximum atomic E-state index is 12.3. The highest BCUT2D eigenvalue weighted by atomic mass is 35.5. The van der Waals surface area contributed by atoms with Gasteiger partial charge in [-0.1, -0.05) is 11.6 Å². The van der Waals surface area contributed by atoms with E-state index in [1.807, 2.05) is 18.2 Å². The molecule has 1 aromatic carbocycles. The lowest BCUT2D eigenvalue weighted by atomic mass is 10.1. The topological polar surface area (TPSA) is 105 Å². The van der Waals surface area contributed by atoms with Gasteiger partial charge in [-0.2, -0.15) is 0 Å². The summed E-state index contributed by atoms with van der Waals surface area (Å²) in [4.78, 5) is 29.2. The Morgan fingerprint density at radius 3 is 2.93 bits per heavy atom. The molecule has 8 nitrogen and oxygen atoms in total. The number of hydrogen-bond donors (Lipinski definition) is 2. The number of hydrogen-bond acceptors (Lipinski definition) is 7. The van der Waals surface area contributed by atoms with E-state index in [0.29, 0.717) is 40.4 Å². The number of rotatable bonds is 2. The highest BCUT2D eigenvalue weighted by Gasteiger charge is 2.24. The first-order chi connectivity index (χ1) is 13.6. The standard InChI is InChI=1S/C19H13ClN6O2/c1-9-8-22-16-15-10-2-5-14(26-19-21-7-6-13(20)25-19)24-11(10)3-4-12(15)28-17(16)18(27)23-9/h2-7,22H,8H2,1H3,(H,21,24,25,26). The van der Waals surface area contributed by atoms with Crippen LogP contribution in [0.2, 0.25) is 5.15 Å². The van der Waals surface area contributed by atoms with Crippen LogP contribution in [0.25, 0.3) is 21.9 Å². The van der Waals surface area contributed by atoms with E-state index in [-0.39, 0.29) is 11.7 Å². The summed E-state index contributed by atoms with van der Waals surface area (Å²) in [6.07, 6.45) is 1.57. The molecule has 3 aromatic heterocycles. The van der Waals surface area contributed by atoms with Crippen molar-refractivity contribution >= 4 is 62.5 Å². The fourth-order valence-electron chi connectivity index (χ4n) is 3.18. The number of anilines is 3. The number of furan rings is 1. The summed E-state index contributed by atoms with van der Waals surface area (Å²) in [5.74, 6) is 0.768. The molecule has 0 atom stereocenters. The summed E-state index contributed by atoms with van der Waals surface area (Å²) in [7, 11) is 0. The number of carbonyl (C=O) groups is 1. The van der Waals surface area contributed by atoms with Gasteiger partial charge >= 0.3 is 5.91 Å². The minimum Gasteiger partial charge on any atom is -0.449 e. The maximum Gasteiger partial charge on any atom is 0.314 e. The van der Waals surface area contributed by atoms with Crippen LogP contribution in [-0.4, -0.2) is 33.1 Å². The monoisotopic (exact) mass is 392 g/mol. The summed E-state index contributed by atoms with van der Waals surface area (Å²) in [6.45, 7) is 2.28. The number of pyridine rings is 1. The molecule has 0 fully saturated rings. The van der Waals surface area contributed by atoms with Crippen LogP contribution in [0, 0.1) is 0 Å². The number of aromatic nitrogens is 3. The lowest BCUT2D eigenvalue weighted by molar-refractivity contribution is 0.0980. The Labute approximate surface area is 163 Å². The molecular weight excluding hydrogens is 380 g/mol. The van der Waals surface area contributed by atoms with E-state index in [4.69, 9.17) is 16.0 Å². The highest BCUT2D eigenvalue weighted by Crippen LogP contribution is 2.37. The third-order valence-corrected chi connectivity index (χ3v) is 4.60. The number of nitrogens with zero attached hydrogens (tertiary/aromatic N) is 4. The predicted molar refractivity (Wildman–Crippen MR) is 108 cm³/mol. The van der Waals surface area contributed by atoms with Gasteiger partial charge in [-0.25, -0.2) is 19.9 Å². The molecule has 1 aliphatic rings. The normalized spacial score (nSPS) is 13.8. The summed E-state index contributed by atoms with van der Waals surface area (Å²) < 4.78 is 5.78. The van der Waals surface area contributed by atoms with Crippen LogP contribution in [0.3, 0.4) is 0 Å². The zero-order chi connectivity index (χ0) is 19.3. The maximum absolute atomic E-state index is 12.3. The van der Waals surface area contributed by atoms with Gasteiger partial charge in [0.2, 0.25) is 11.7 Å². The van der Waals surface area contributed by atoms with Crippen molar-refractivity contribution in [1.29, 1.82) is 0 Å². The Bertz CT molecular complexity index is 1300. The van der Waals surface area contributed by atoms with Crippen molar-refractivity contribution in [2.45, 2.75) is 6.92 Å². The first kappa shape index (κ1) is 16.6. The second kappa shape index (κ2) is 6.28. The van der Waals surface area contributed by atoms with Crippen LogP contribution in [0.4, 0.5) is 17.5 Å². The predicted octanol–water partition coefficient (Wildman–Crippen LogP) is 4.19. The molecule has 0 unspecified atom stereocenters. The third kappa shape index (κ3) is 2.74. The molecule has 0 spiro atoms. The third-order valence-electron chi connectivity index (χ3n) is 4.39. The number of nitrogens with one attached hydrogen (secondary N) is 2. The molecule has 9 heteroatoms. The molecule has 0 saturated heterocycles. The number of halogens is 1. The van der Waals surface area contributed by atoms with Crippen molar-refractivity contribution in [2.75, 3.05) is 17.2 Å². The van der Waals surface area contributed by atoms with Crippen molar-refractivity contribution in [3.05, 3.63) is 47.4 Å². The SMILES string of the molecule is CC1=NC(=O)c2oc3ccc4nc(Nc5nccc(Cl)n5)ccc4c3c2NC1. The van der Waals surface area contributed by atoms with Crippen LogP contribution in [-0.2, 0) is 0 Å².